The fraction of sp³-hybridized carbons (Fsp3) is 0. The molecule has 0 saturated carbocycles. The Bertz CT molecular complexity index is 2140. The van der Waals surface area contributed by atoms with E-state index in [4.69, 9.17) is 19.4 Å². The summed E-state index contributed by atoms with van der Waals surface area (Å²) in [6.07, 6.45) is 0. The third-order valence-corrected chi connectivity index (χ3v) is 7.50. The van der Waals surface area contributed by atoms with Crippen LogP contribution in [0.4, 0.5) is 0 Å². The van der Waals surface area contributed by atoms with Gasteiger partial charge in [-0.1, -0.05) is 121 Å². The van der Waals surface area contributed by atoms with E-state index in [1.807, 2.05) is 66.7 Å². The fourth-order valence-electron chi connectivity index (χ4n) is 5.47. The molecule has 6 aromatic carbocycles. The van der Waals surface area contributed by atoms with Gasteiger partial charge in [-0.2, -0.15) is 0 Å². The summed E-state index contributed by atoms with van der Waals surface area (Å²) in [5.41, 5.74) is 6.65. The van der Waals surface area contributed by atoms with E-state index in [2.05, 4.69) is 72.8 Å². The molecule has 2 heterocycles. The number of para-hydroxylation sites is 1. The van der Waals surface area contributed by atoms with E-state index in [1.165, 1.54) is 10.8 Å². The largest absolute Gasteiger partial charge is 0.455 e. The van der Waals surface area contributed by atoms with Crippen LogP contribution in [-0.2, 0) is 0 Å². The molecule has 8 rings (SSSR count). The van der Waals surface area contributed by atoms with Crippen LogP contribution >= 0.6 is 0 Å². The van der Waals surface area contributed by atoms with Crippen molar-refractivity contribution >= 4 is 32.7 Å². The van der Waals surface area contributed by atoms with Gasteiger partial charge >= 0.3 is 0 Å². The van der Waals surface area contributed by atoms with E-state index in [-0.39, 0.29) is 0 Å². The highest BCUT2D eigenvalue weighted by Crippen LogP contribution is 2.38. The third-order valence-electron chi connectivity index (χ3n) is 7.50. The highest BCUT2D eigenvalue weighted by atomic mass is 16.3. The molecule has 4 heteroatoms. The smallest absolute Gasteiger partial charge is 0.164 e. The highest BCUT2D eigenvalue weighted by Gasteiger charge is 2.16. The van der Waals surface area contributed by atoms with Gasteiger partial charge in [0.15, 0.2) is 17.5 Å². The van der Waals surface area contributed by atoms with Gasteiger partial charge in [-0.25, -0.2) is 15.0 Å². The minimum absolute atomic E-state index is 0.627. The number of hydrogen-bond donors (Lipinski definition) is 0. The van der Waals surface area contributed by atoms with E-state index in [1.54, 1.807) is 0 Å². The summed E-state index contributed by atoms with van der Waals surface area (Å²) in [5, 5.41) is 4.59. The number of nitrogens with zero attached hydrogens (tertiary/aromatic N) is 3. The summed E-state index contributed by atoms with van der Waals surface area (Å²) < 4.78 is 6.50. The summed E-state index contributed by atoms with van der Waals surface area (Å²) in [7, 11) is 0. The van der Waals surface area contributed by atoms with Crippen molar-refractivity contribution < 1.29 is 4.42 Å². The van der Waals surface area contributed by atoms with Crippen LogP contribution in [0.3, 0.4) is 0 Å². The number of aromatic nitrogens is 3. The van der Waals surface area contributed by atoms with Crippen molar-refractivity contribution in [2.75, 3.05) is 0 Å². The normalized spacial score (nSPS) is 11.4. The first kappa shape index (κ1) is 23.3. The van der Waals surface area contributed by atoms with Crippen LogP contribution in [0.15, 0.2) is 144 Å². The number of fused-ring (bicyclic) bond motifs is 4. The molecule has 4 nitrogen and oxygen atoms in total. The van der Waals surface area contributed by atoms with Crippen LogP contribution in [0.1, 0.15) is 0 Å². The van der Waals surface area contributed by atoms with Crippen molar-refractivity contribution in [2.45, 2.75) is 0 Å². The van der Waals surface area contributed by atoms with Crippen LogP contribution in [0.25, 0.3) is 78.0 Å². The molecule has 0 radical (unpaired) electrons. The van der Waals surface area contributed by atoms with Crippen molar-refractivity contribution in [2.24, 2.45) is 0 Å². The van der Waals surface area contributed by atoms with Crippen LogP contribution in [-0.4, -0.2) is 15.0 Å². The molecule has 0 aliphatic rings. The third kappa shape index (κ3) is 4.14. The molecule has 2 aromatic heterocycles. The van der Waals surface area contributed by atoms with Gasteiger partial charge in [-0.3, -0.25) is 0 Å². The molecule has 0 bridgehead atoms. The Balaban J connectivity index is 1.29. The lowest BCUT2D eigenvalue weighted by Crippen LogP contribution is -2.00. The molecular formula is C37H23N3O. The lowest BCUT2D eigenvalue weighted by Gasteiger charge is -2.10. The number of rotatable bonds is 4. The lowest BCUT2D eigenvalue weighted by molar-refractivity contribution is 0.670. The zero-order valence-electron chi connectivity index (χ0n) is 22.0. The summed E-state index contributed by atoms with van der Waals surface area (Å²) in [4.78, 5) is 14.7. The van der Waals surface area contributed by atoms with Gasteiger partial charge in [0.05, 0.1) is 0 Å². The van der Waals surface area contributed by atoms with Crippen molar-refractivity contribution in [3.63, 3.8) is 0 Å². The average Bonchev–Trinajstić information content (AvgIpc) is 3.42. The predicted octanol–water partition coefficient (Wildman–Crippen LogP) is 9.59. The quantitative estimate of drug-likeness (QED) is 0.230. The molecule has 0 atom stereocenters. The van der Waals surface area contributed by atoms with Gasteiger partial charge in [-0.05, 0) is 34.5 Å². The minimum atomic E-state index is 0.627. The molecule has 192 valence electrons. The number of hydrogen-bond acceptors (Lipinski definition) is 4. The minimum Gasteiger partial charge on any atom is -0.455 e. The summed E-state index contributed by atoms with van der Waals surface area (Å²) in [6.45, 7) is 0. The maximum atomic E-state index is 6.50. The van der Waals surface area contributed by atoms with Gasteiger partial charge in [0.25, 0.3) is 0 Å². The maximum Gasteiger partial charge on any atom is 0.164 e. The van der Waals surface area contributed by atoms with E-state index in [9.17, 15) is 0 Å². The zero-order valence-corrected chi connectivity index (χ0v) is 22.0. The van der Waals surface area contributed by atoms with Crippen molar-refractivity contribution in [3.05, 3.63) is 140 Å². The molecule has 0 unspecified atom stereocenters. The zero-order chi connectivity index (χ0) is 27.2. The summed E-state index contributed by atoms with van der Waals surface area (Å²) in [6, 6.07) is 47.5. The van der Waals surface area contributed by atoms with Gasteiger partial charge in [0.1, 0.15) is 11.2 Å². The predicted molar refractivity (Wildman–Crippen MR) is 166 cm³/mol. The maximum absolute atomic E-state index is 6.50. The van der Waals surface area contributed by atoms with Gasteiger partial charge in [-0.15, -0.1) is 0 Å². The average molecular weight is 526 g/mol. The van der Waals surface area contributed by atoms with Crippen LogP contribution in [0.5, 0.6) is 0 Å². The standard InChI is InChI=1S/C37H23N3O/c1-3-11-24(12-4-1)35-38-36(25-13-5-2-6-14-25)40-37(39-35)29-18-9-17-28(21-29)30-19-10-20-31-32-22-26-15-7-8-16-27(26)23-33(32)41-34(30)31/h1-23H. The molecule has 0 aliphatic carbocycles. The van der Waals surface area contributed by atoms with E-state index in [0.29, 0.717) is 17.5 Å². The number of furan rings is 1. The summed E-state index contributed by atoms with van der Waals surface area (Å²) >= 11 is 0. The SMILES string of the molecule is c1ccc(-c2nc(-c3ccccc3)nc(-c3cccc(-c4cccc5c4oc4cc6ccccc6cc45)c3)n2)cc1. The molecular weight excluding hydrogens is 502 g/mol. The van der Waals surface area contributed by atoms with E-state index < -0.39 is 0 Å². The Morgan fingerprint density at radius 2 is 0.927 bits per heavy atom. The Hall–Kier alpha value is -5.61. The topological polar surface area (TPSA) is 51.8 Å². The second kappa shape index (κ2) is 9.54. The Morgan fingerprint density at radius 3 is 1.61 bits per heavy atom. The van der Waals surface area contributed by atoms with Gasteiger partial charge < -0.3 is 4.42 Å². The highest BCUT2D eigenvalue weighted by molar-refractivity contribution is 6.13. The van der Waals surface area contributed by atoms with Crippen molar-refractivity contribution in [3.8, 4) is 45.3 Å². The Labute approximate surface area is 236 Å². The van der Waals surface area contributed by atoms with Crippen molar-refractivity contribution in [1.82, 2.24) is 15.0 Å². The summed E-state index contributed by atoms with van der Waals surface area (Å²) in [5.74, 6) is 1.92. The second-order valence-corrected chi connectivity index (χ2v) is 10.1. The molecule has 8 aromatic rings. The molecule has 0 fully saturated rings. The van der Waals surface area contributed by atoms with Crippen LogP contribution in [0.2, 0.25) is 0 Å². The first-order valence-electron chi connectivity index (χ1n) is 13.6. The molecule has 0 spiro atoms. The van der Waals surface area contributed by atoms with Crippen LogP contribution in [0, 0.1) is 0 Å². The van der Waals surface area contributed by atoms with Gasteiger partial charge in [0.2, 0.25) is 0 Å². The molecule has 0 aliphatic heterocycles. The number of benzene rings is 6. The lowest BCUT2D eigenvalue weighted by atomic mass is 9.99. The first-order valence-corrected chi connectivity index (χ1v) is 13.6. The molecule has 0 N–H and O–H groups in total. The second-order valence-electron chi connectivity index (χ2n) is 10.1. The van der Waals surface area contributed by atoms with Crippen LogP contribution < -0.4 is 0 Å². The van der Waals surface area contributed by atoms with E-state index >= 15 is 0 Å². The fourth-order valence-corrected chi connectivity index (χ4v) is 5.47. The molecule has 0 amide bonds. The Morgan fingerprint density at radius 1 is 0.390 bits per heavy atom. The molecule has 41 heavy (non-hydrogen) atoms. The van der Waals surface area contributed by atoms with Gasteiger partial charge in [0, 0.05) is 33.0 Å². The monoisotopic (exact) mass is 525 g/mol. The molecule has 0 saturated heterocycles. The van der Waals surface area contributed by atoms with E-state index in [0.717, 1.165) is 49.8 Å². The van der Waals surface area contributed by atoms with Crippen molar-refractivity contribution in [1.29, 1.82) is 0 Å². The first-order chi connectivity index (χ1) is 20.3. The Kier molecular flexibility index (Phi) is 5.42.